The maximum Gasteiger partial charge on any atom is 0.304 e. The number of hydrogen-bond donors (Lipinski definition) is 3. The fourth-order valence-corrected chi connectivity index (χ4v) is 1.18. The van der Waals surface area contributed by atoms with Crippen LogP contribution in [0.1, 0.15) is 19.8 Å². The molecule has 1 unspecified atom stereocenters. The van der Waals surface area contributed by atoms with E-state index in [2.05, 4.69) is 0 Å². The summed E-state index contributed by atoms with van der Waals surface area (Å²) in [7, 11) is 0. The van der Waals surface area contributed by atoms with Gasteiger partial charge in [-0.25, -0.2) is 0 Å². The molecule has 0 aliphatic heterocycles. The minimum Gasteiger partial charge on any atom is -0.481 e. The minimum atomic E-state index is -0.930. The van der Waals surface area contributed by atoms with Crippen molar-refractivity contribution in [2.45, 2.75) is 25.9 Å². The maximum atomic E-state index is 10.3. The molecule has 0 saturated carbocycles. The normalized spacial score (nSPS) is 12.7. The van der Waals surface area contributed by atoms with E-state index in [0.717, 1.165) is 0 Å². The lowest BCUT2D eigenvalue weighted by atomic mass is 10.3. The second-order valence-electron chi connectivity index (χ2n) is 3.44. The first-order valence-corrected chi connectivity index (χ1v) is 4.76. The molecule has 0 aromatic carbocycles. The van der Waals surface area contributed by atoms with E-state index in [4.69, 9.17) is 15.3 Å². The predicted octanol–water partition coefficient (Wildman–Crippen LogP) is -0.381. The molecule has 0 aromatic heterocycles. The molecule has 0 rings (SSSR count). The second kappa shape index (κ2) is 7.19. The van der Waals surface area contributed by atoms with E-state index < -0.39 is 18.0 Å². The third-order valence-corrected chi connectivity index (χ3v) is 1.81. The van der Waals surface area contributed by atoms with E-state index in [9.17, 15) is 9.59 Å². The number of aliphatic carboxylic acids is 2. The number of aliphatic hydroxyl groups excluding tert-OH is 1. The molecule has 88 valence electrons. The largest absolute Gasteiger partial charge is 0.481 e. The Balaban J connectivity index is 3.94. The first-order chi connectivity index (χ1) is 6.91. The van der Waals surface area contributed by atoms with Crippen LogP contribution in [0.4, 0.5) is 0 Å². The van der Waals surface area contributed by atoms with Crippen LogP contribution in [0.3, 0.4) is 0 Å². The highest BCUT2D eigenvalue weighted by atomic mass is 16.4. The molecule has 6 nitrogen and oxygen atoms in total. The summed E-state index contributed by atoms with van der Waals surface area (Å²) in [6.45, 7) is 2.39. The van der Waals surface area contributed by atoms with Gasteiger partial charge in [0.05, 0.1) is 18.9 Å². The van der Waals surface area contributed by atoms with Crippen LogP contribution in [0.2, 0.25) is 0 Å². The molecule has 3 N–H and O–H groups in total. The lowest BCUT2D eigenvalue weighted by molar-refractivity contribution is -0.137. The second-order valence-corrected chi connectivity index (χ2v) is 3.44. The van der Waals surface area contributed by atoms with Gasteiger partial charge in [0, 0.05) is 19.6 Å². The van der Waals surface area contributed by atoms with Crippen LogP contribution in [0.25, 0.3) is 0 Å². The van der Waals surface area contributed by atoms with Gasteiger partial charge in [-0.2, -0.15) is 0 Å². The fraction of sp³-hybridized carbons (Fsp3) is 0.778. The number of hydrogen-bond acceptors (Lipinski definition) is 4. The standard InChI is InChI=1S/C9H17NO5/c1-7(11)6-10(4-2-8(12)13)5-3-9(14)15/h7,11H,2-6H2,1H3,(H,12,13)(H,14,15). The van der Waals surface area contributed by atoms with E-state index in [-0.39, 0.29) is 25.9 Å². The van der Waals surface area contributed by atoms with Gasteiger partial charge in [0.1, 0.15) is 0 Å². The van der Waals surface area contributed by atoms with Gasteiger partial charge in [-0.1, -0.05) is 0 Å². The summed E-state index contributed by atoms with van der Waals surface area (Å²) in [4.78, 5) is 22.3. The average molecular weight is 219 g/mol. The number of carbonyl (C=O) groups is 2. The summed E-state index contributed by atoms with van der Waals surface area (Å²) in [5.41, 5.74) is 0. The molecule has 15 heavy (non-hydrogen) atoms. The Morgan fingerprint density at radius 3 is 1.80 bits per heavy atom. The summed E-state index contributed by atoms with van der Waals surface area (Å²) in [6.07, 6.45) is -0.689. The molecule has 0 saturated heterocycles. The zero-order chi connectivity index (χ0) is 11.8. The topological polar surface area (TPSA) is 98.1 Å². The van der Waals surface area contributed by atoms with Crippen LogP contribution in [-0.2, 0) is 9.59 Å². The zero-order valence-electron chi connectivity index (χ0n) is 8.72. The molecule has 0 fully saturated rings. The molecule has 0 amide bonds. The van der Waals surface area contributed by atoms with Crippen LogP contribution in [0.15, 0.2) is 0 Å². The van der Waals surface area contributed by atoms with Gasteiger partial charge in [0.15, 0.2) is 0 Å². The summed E-state index contributed by atoms with van der Waals surface area (Å²) in [6, 6.07) is 0. The highest BCUT2D eigenvalue weighted by molar-refractivity contribution is 5.67. The third-order valence-electron chi connectivity index (χ3n) is 1.81. The average Bonchev–Trinajstić information content (AvgIpc) is 2.08. The number of aliphatic hydroxyl groups is 1. The van der Waals surface area contributed by atoms with Crippen molar-refractivity contribution in [1.29, 1.82) is 0 Å². The molecule has 0 heterocycles. The van der Waals surface area contributed by atoms with Gasteiger partial charge in [-0.15, -0.1) is 0 Å². The van der Waals surface area contributed by atoms with E-state index in [1.54, 1.807) is 11.8 Å². The molecule has 0 aromatic rings. The van der Waals surface area contributed by atoms with Gasteiger partial charge in [-0.05, 0) is 6.92 Å². The molecular formula is C9H17NO5. The number of nitrogens with zero attached hydrogens (tertiary/aromatic N) is 1. The zero-order valence-corrected chi connectivity index (χ0v) is 8.72. The summed E-state index contributed by atoms with van der Waals surface area (Å²) >= 11 is 0. The van der Waals surface area contributed by atoms with Crippen molar-refractivity contribution in [2.75, 3.05) is 19.6 Å². The summed E-state index contributed by atoms with van der Waals surface area (Å²) < 4.78 is 0. The van der Waals surface area contributed by atoms with Crippen molar-refractivity contribution in [3.05, 3.63) is 0 Å². The van der Waals surface area contributed by atoms with Crippen LogP contribution < -0.4 is 0 Å². The quantitative estimate of drug-likeness (QED) is 0.514. The van der Waals surface area contributed by atoms with Gasteiger partial charge in [0.2, 0.25) is 0 Å². The Morgan fingerprint density at radius 1 is 1.13 bits per heavy atom. The summed E-state index contributed by atoms with van der Waals surface area (Å²) in [5.74, 6) is -1.86. The highest BCUT2D eigenvalue weighted by Gasteiger charge is 2.11. The Morgan fingerprint density at radius 2 is 1.53 bits per heavy atom. The van der Waals surface area contributed by atoms with Crippen LogP contribution >= 0.6 is 0 Å². The lowest BCUT2D eigenvalue weighted by Crippen LogP contribution is -2.34. The Hall–Kier alpha value is -1.14. The van der Waals surface area contributed by atoms with Gasteiger partial charge in [0.25, 0.3) is 0 Å². The maximum absolute atomic E-state index is 10.3. The lowest BCUT2D eigenvalue weighted by Gasteiger charge is -2.21. The predicted molar refractivity (Wildman–Crippen MR) is 52.6 cm³/mol. The Bertz CT molecular complexity index is 199. The third kappa shape index (κ3) is 9.17. The van der Waals surface area contributed by atoms with Crippen molar-refractivity contribution < 1.29 is 24.9 Å². The first kappa shape index (κ1) is 13.9. The highest BCUT2D eigenvalue weighted by Crippen LogP contribution is 1.97. The number of rotatable bonds is 8. The molecule has 0 spiro atoms. The van der Waals surface area contributed by atoms with Crippen LogP contribution in [0, 0.1) is 0 Å². The number of carboxylic acids is 2. The molecular weight excluding hydrogens is 202 g/mol. The van der Waals surface area contributed by atoms with Gasteiger partial charge >= 0.3 is 11.9 Å². The van der Waals surface area contributed by atoms with Crippen LogP contribution in [0.5, 0.6) is 0 Å². The van der Waals surface area contributed by atoms with E-state index in [1.807, 2.05) is 0 Å². The molecule has 0 bridgehead atoms. The molecule has 0 aliphatic carbocycles. The molecule has 1 atom stereocenters. The van der Waals surface area contributed by atoms with Gasteiger partial charge in [-0.3, -0.25) is 14.5 Å². The Kier molecular flexibility index (Phi) is 6.64. The van der Waals surface area contributed by atoms with Crippen molar-refractivity contribution >= 4 is 11.9 Å². The summed E-state index contributed by atoms with van der Waals surface area (Å²) in [5, 5.41) is 26.1. The van der Waals surface area contributed by atoms with E-state index in [0.29, 0.717) is 6.54 Å². The minimum absolute atomic E-state index is 0.0493. The van der Waals surface area contributed by atoms with Crippen molar-refractivity contribution in [3.63, 3.8) is 0 Å². The van der Waals surface area contributed by atoms with Crippen LogP contribution in [-0.4, -0.2) is 57.9 Å². The first-order valence-electron chi connectivity index (χ1n) is 4.76. The number of carboxylic acid groups (broad SMARTS) is 2. The van der Waals surface area contributed by atoms with E-state index in [1.165, 1.54) is 0 Å². The van der Waals surface area contributed by atoms with Gasteiger partial charge < -0.3 is 15.3 Å². The Labute approximate surface area is 88.1 Å². The van der Waals surface area contributed by atoms with Crippen molar-refractivity contribution in [3.8, 4) is 0 Å². The van der Waals surface area contributed by atoms with E-state index >= 15 is 0 Å². The SMILES string of the molecule is CC(O)CN(CCC(=O)O)CCC(=O)O. The van der Waals surface area contributed by atoms with Crippen molar-refractivity contribution in [2.24, 2.45) is 0 Å². The molecule has 0 aliphatic rings. The smallest absolute Gasteiger partial charge is 0.304 e. The fourth-order valence-electron chi connectivity index (χ4n) is 1.18. The molecule has 0 radical (unpaired) electrons. The monoisotopic (exact) mass is 219 g/mol. The molecule has 6 heteroatoms. The van der Waals surface area contributed by atoms with Crippen molar-refractivity contribution in [1.82, 2.24) is 4.90 Å².